The number of rotatable bonds is 1. The van der Waals surface area contributed by atoms with E-state index >= 15 is 0 Å². The number of nitrogens with zero attached hydrogens (tertiary/aromatic N) is 1. The molecule has 3 aliphatic rings. The second-order valence-corrected chi connectivity index (χ2v) is 10.2. The molecule has 2 heterocycles. The van der Waals surface area contributed by atoms with Gasteiger partial charge in [-0.1, -0.05) is 60.7 Å². The molecule has 0 radical (unpaired) electrons. The molecule has 0 saturated carbocycles. The van der Waals surface area contributed by atoms with E-state index in [1.165, 1.54) is 42.9 Å². The van der Waals surface area contributed by atoms with Crippen LogP contribution in [0.4, 0.5) is 17.1 Å². The zero-order valence-corrected chi connectivity index (χ0v) is 20.7. The first kappa shape index (κ1) is 20.1. The van der Waals surface area contributed by atoms with Gasteiger partial charge in [0, 0.05) is 14.8 Å². The largest absolute Gasteiger partial charge is 0.457 e. The standard InChI is InChI=1S/C31H22INO/c32-21-17-19-22(20-18-21)33-27-13-5-1-9-23(27)31(24-10-2-6-14-28(24)33)25-11-3-7-15-29(25)34-30-16-8-4-12-26(30)31/h1-3,5-11,13-20H,4,12H2. The molecule has 34 heavy (non-hydrogen) atoms. The molecule has 4 aromatic carbocycles. The van der Waals surface area contributed by atoms with Crippen LogP contribution in [0.2, 0.25) is 0 Å². The van der Waals surface area contributed by atoms with Crippen molar-refractivity contribution in [2.75, 3.05) is 4.90 Å². The number of fused-ring (bicyclic) bond motifs is 7. The number of hydrogen-bond acceptors (Lipinski definition) is 2. The molecule has 7 rings (SSSR count). The van der Waals surface area contributed by atoms with Gasteiger partial charge in [-0.2, -0.15) is 0 Å². The lowest BCUT2D eigenvalue weighted by Gasteiger charge is -2.50. The smallest absolute Gasteiger partial charge is 0.132 e. The molecule has 2 aliphatic heterocycles. The van der Waals surface area contributed by atoms with E-state index in [1.807, 2.05) is 0 Å². The Morgan fingerprint density at radius 2 is 1.32 bits per heavy atom. The molecule has 0 N–H and O–H groups in total. The Balaban J connectivity index is 1.63. The predicted octanol–water partition coefficient (Wildman–Crippen LogP) is 8.41. The van der Waals surface area contributed by atoms with E-state index < -0.39 is 0 Å². The summed E-state index contributed by atoms with van der Waals surface area (Å²) in [6.07, 6.45) is 6.41. The van der Waals surface area contributed by atoms with Crippen LogP contribution in [-0.2, 0) is 5.41 Å². The number of anilines is 3. The van der Waals surface area contributed by atoms with E-state index in [9.17, 15) is 0 Å². The monoisotopic (exact) mass is 551 g/mol. The van der Waals surface area contributed by atoms with E-state index in [0.29, 0.717) is 0 Å². The van der Waals surface area contributed by atoms with Gasteiger partial charge < -0.3 is 9.64 Å². The van der Waals surface area contributed by atoms with E-state index in [4.69, 9.17) is 4.74 Å². The normalized spacial score (nSPS) is 16.9. The molecule has 0 amide bonds. The molecule has 4 aromatic rings. The maximum Gasteiger partial charge on any atom is 0.132 e. The second kappa shape index (κ2) is 7.60. The summed E-state index contributed by atoms with van der Waals surface area (Å²) in [5, 5.41) is 0. The average molecular weight is 551 g/mol. The average Bonchev–Trinajstić information content (AvgIpc) is 2.89. The predicted molar refractivity (Wildman–Crippen MR) is 146 cm³/mol. The summed E-state index contributed by atoms with van der Waals surface area (Å²) >= 11 is 2.37. The fourth-order valence-corrected chi connectivity index (χ4v) is 6.35. The van der Waals surface area contributed by atoms with E-state index in [-0.39, 0.29) is 5.41 Å². The molecular weight excluding hydrogens is 529 g/mol. The molecule has 0 saturated heterocycles. The van der Waals surface area contributed by atoms with Crippen LogP contribution in [0.25, 0.3) is 0 Å². The SMILES string of the molecule is Ic1ccc(N2c3ccccc3C3(C4=C(C=CCC4)Oc4ccccc43)c3ccccc32)cc1. The van der Waals surface area contributed by atoms with Crippen LogP contribution in [0.3, 0.4) is 0 Å². The number of halogens is 1. The number of benzene rings is 4. The lowest BCUT2D eigenvalue weighted by Crippen LogP contribution is -2.41. The van der Waals surface area contributed by atoms with Crippen molar-refractivity contribution in [3.05, 3.63) is 141 Å². The third-order valence-electron chi connectivity index (χ3n) is 7.27. The van der Waals surface area contributed by atoms with Crippen LogP contribution in [0, 0.1) is 3.57 Å². The molecule has 0 unspecified atom stereocenters. The highest BCUT2D eigenvalue weighted by molar-refractivity contribution is 14.1. The highest BCUT2D eigenvalue weighted by Gasteiger charge is 2.51. The maximum absolute atomic E-state index is 6.50. The van der Waals surface area contributed by atoms with Gasteiger partial charge in [-0.15, -0.1) is 0 Å². The van der Waals surface area contributed by atoms with Crippen LogP contribution in [0.5, 0.6) is 5.75 Å². The number of para-hydroxylation sites is 3. The van der Waals surface area contributed by atoms with Crippen molar-refractivity contribution in [1.82, 2.24) is 0 Å². The maximum atomic E-state index is 6.50. The van der Waals surface area contributed by atoms with Gasteiger partial charge >= 0.3 is 0 Å². The summed E-state index contributed by atoms with van der Waals surface area (Å²) in [5.74, 6) is 1.94. The Kier molecular flexibility index (Phi) is 4.49. The fourth-order valence-electron chi connectivity index (χ4n) is 5.99. The zero-order chi connectivity index (χ0) is 22.7. The molecule has 164 valence electrons. The van der Waals surface area contributed by atoms with E-state index in [2.05, 4.69) is 137 Å². The molecule has 0 fully saturated rings. The summed E-state index contributed by atoms with van der Waals surface area (Å²) in [4.78, 5) is 2.42. The quantitative estimate of drug-likeness (QED) is 0.220. The third-order valence-corrected chi connectivity index (χ3v) is 7.99. The van der Waals surface area contributed by atoms with Gasteiger partial charge in [-0.3, -0.25) is 0 Å². The fraction of sp³-hybridized carbons (Fsp3) is 0.0968. The van der Waals surface area contributed by atoms with Gasteiger partial charge in [0.25, 0.3) is 0 Å². The first-order valence-electron chi connectivity index (χ1n) is 11.7. The molecule has 3 heteroatoms. The molecule has 0 atom stereocenters. The van der Waals surface area contributed by atoms with Gasteiger partial charge in [-0.05, 0) is 101 Å². The van der Waals surface area contributed by atoms with Crippen molar-refractivity contribution in [3.63, 3.8) is 0 Å². The second-order valence-electron chi connectivity index (χ2n) is 8.98. The molecular formula is C31H22INO. The first-order chi connectivity index (χ1) is 16.8. The molecule has 1 spiro atoms. The first-order valence-corrected chi connectivity index (χ1v) is 12.8. The van der Waals surface area contributed by atoms with Crippen molar-refractivity contribution in [2.24, 2.45) is 0 Å². The highest BCUT2D eigenvalue weighted by atomic mass is 127. The summed E-state index contributed by atoms with van der Waals surface area (Å²) < 4.78 is 7.73. The minimum Gasteiger partial charge on any atom is -0.457 e. The highest BCUT2D eigenvalue weighted by Crippen LogP contribution is 2.62. The summed E-state index contributed by atoms with van der Waals surface area (Å²) in [6, 6.07) is 35.2. The Hall–Kier alpha value is -3.31. The van der Waals surface area contributed by atoms with Gasteiger partial charge in [0.1, 0.15) is 11.5 Å². The van der Waals surface area contributed by atoms with E-state index in [1.54, 1.807) is 0 Å². The van der Waals surface area contributed by atoms with E-state index in [0.717, 1.165) is 24.4 Å². The topological polar surface area (TPSA) is 12.5 Å². The number of hydrogen-bond donors (Lipinski definition) is 0. The summed E-state index contributed by atoms with van der Waals surface area (Å²) in [6.45, 7) is 0. The van der Waals surface area contributed by atoms with Gasteiger partial charge in [0.2, 0.25) is 0 Å². The Morgan fingerprint density at radius 1 is 0.706 bits per heavy atom. The Morgan fingerprint density at radius 3 is 2.03 bits per heavy atom. The molecule has 2 nitrogen and oxygen atoms in total. The van der Waals surface area contributed by atoms with Crippen LogP contribution >= 0.6 is 22.6 Å². The van der Waals surface area contributed by atoms with Crippen molar-refractivity contribution in [3.8, 4) is 5.75 Å². The minimum atomic E-state index is -0.387. The van der Waals surface area contributed by atoms with Gasteiger partial charge in [-0.25, -0.2) is 0 Å². The van der Waals surface area contributed by atoms with Crippen LogP contribution in [0.1, 0.15) is 29.5 Å². The zero-order valence-electron chi connectivity index (χ0n) is 18.5. The van der Waals surface area contributed by atoms with Crippen molar-refractivity contribution in [2.45, 2.75) is 18.3 Å². The summed E-state index contributed by atoms with van der Waals surface area (Å²) in [7, 11) is 0. The van der Waals surface area contributed by atoms with Gasteiger partial charge in [0.05, 0.1) is 16.8 Å². The molecule has 1 aliphatic carbocycles. The third kappa shape index (κ3) is 2.67. The lowest BCUT2D eigenvalue weighted by molar-refractivity contribution is 0.386. The van der Waals surface area contributed by atoms with Crippen molar-refractivity contribution < 1.29 is 4.74 Å². The Bertz CT molecular complexity index is 1450. The van der Waals surface area contributed by atoms with Crippen LogP contribution < -0.4 is 9.64 Å². The van der Waals surface area contributed by atoms with Gasteiger partial charge in [0.15, 0.2) is 0 Å². The summed E-state index contributed by atoms with van der Waals surface area (Å²) in [5.41, 5.74) is 8.44. The number of allylic oxidation sites excluding steroid dienone is 3. The minimum absolute atomic E-state index is 0.387. The lowest BCUT2D eigenvalue weighted by atomic mass is 9.59. The van der Waals surface area contributed by atoms with Crippen LogP contribution in [0.15, 0.2) is 121 Å². The van der Waals surface area contributed by atoms with Crippen LogP contribution in [-0.4, -0.2) is 0 Å². The van der Waals surface area contributed by atoms with Crippen molar-refractivity contribution >= 4 is 39.7 Å². The molecule has 0 bridgehead atoms. The number of ether oxygens (including phenoxy) is 1. The molecule has 0 aromatic heterocycles. The van der Waals surface area contributed by atoms with Crippen molar-refractivity contribution in [1.29, 1.82) is 0 Å². The Labute approximate surface area is 213 Å².